The van der Waals surface area contributed by atoms with Crippen LogP contribution >= 0.6 is 0 Å². The minimum Gasteiger partial charge on any atom is -0.355 e. The predicted molar refractivity (Wildman–Crippen MR) is 54.7 cm³/mol. The third kappa shape index (κ3) is 1.77. The summed E-state index contributed by atoms with van der Waals surface area (Å²) in [5, 5.41) is 6.21. The molecule has 2 rings (SSSR count). The molecule has 0 aromatic heterocycles. The summed E-state index contributed by atoms with van der Waals surface area (Å²) in [4.78, 5) is 11.7. The molecule has 2 aliphatic rings. The Morgan fingerprint density at radius 3 is 2.86 bits per heavy atom. The Hall–Kier alpha value is -0.610. The number of nitrogens with two attached hydrogens (primary N) is 1. The van der Waals surface area contributed by atoms with Crippen molar-refractivity contribution in [2.75, 3.05) is 26.2 Å². The van der Waals surface area contributed by atoms with Crippen molar-refractivity contribution in [1.29, 1.82) is 0 Å². The zero-order chi connectivity index (χ0) is 10.0. The summed E-state index contributed by atoms with van der Waals surface area (Å²) in [6.45, 7) is 3.29. The molecule has 1 saturated carbocycles. The molecule has 1 atom stereocenters. The van der Waals surface area contributed by atoms with Gasteiger partial charge in [0.2, 0.25) is 5.91 Å². The molecule has 1 unspecified atom stereocenters. The molecule has 1 heterocycles. The maximum atomic E-state index is 11.7. The number of carbonyl (C=O) groups excluding carboxylic acids is 1. The van der Waals surface area contributed by atoms with Gasteiger partial charge in [0.05, 0.1) is 0 Å². The fraction of sp³-hybridized carbons (Fsp3) is 0.900. The lowest BCUT2D eigenvalue weighted by molar-refractivity contribution is -0.123. The Labute approximate surface area is 84.6 Å². The van der Waals surface area contributed by atoms with Gasteiger partial charge in [0, 0.05) is 19.0 Å². The molecule has 0 radical (unpaired) electrons. The third-order valence-corrected chi connectivity index (χ3v) is 3.55. The lowest BCUT2D eigenvalue weighted by atomic mass is 9.92. The van der Waals surface area contributed by atoms with Crippen molar-refractivity contribution in [3.8, 4) is 0 Å². The van der Waals surface area contributed by atoms with Crippen LogP contribution in [0.15, 0.2) is 0 Å². The van der Waals surface area contributed by atoms with E-state index in [4.69, 9.17) is 5.73 Å². The lowest BCUT2D eigenvalue weighted by Crippen LogP contribution is -2.35. The topological polar surface area (TPSA) is 67.1 Å². The summed E-state index contributed by atoms with van der Waals surface area (Å²) < 4.78 is 0. The first kappa shape index (κ1) is 9.93. The maximum absolute atomic E-state index is 11.7. The van der Waals surface area contributed by atoms with E-state index in [9.17, 15) is 4.79 Å². The number of carbonyl (C=O) groups is 1. The molecule has 1 aliphatic heterocycles. The molecule has 14 heavy (non-hydrogen) atoms. The van der Waals surface area contributed by atoms with Crippen LogP contribution in [0.4, 0.5) is 0 Å². The molecule has 1 saturated heterocycles. The second-order valence-electron chi connectivity index (χ2n) is 4.45. The van der Waals surface area contributed by atoms with Crippen molar-refractivity contribution < 1.29 is 4.79 Å². The van der Waals surface area contributed by atoms with Gasteiger partial charge in [-0.25, -0.2) is 0 Å². The van der Waals surface area contributed by atoms with Crippen molar-refractivity contribution >= 4 is 5.91 Å². The normalized spacial score (nSPS) is 28.8. The molecular weight excluding hydrogens is 178 g/mol. The van der Waals surface area contributed by atoms with E-state index in [1.807, 2.05) is 0 Å². The van der Waals surface area contributed by atoms with Crippen LogP contribution in [-0.2, 0) is 4.79 Å². The second-order valence-corrected chi connectivity index (χ2v) is 4.45. The van der Waals surface area contributed by atoms with Crippen LogP contribution in [0, 0.1) is 11.3 Å². The molecule has 1 spiro atoms. The van der Waals surface area contributed by atoms with Crippen LogP contribution in [-0.4, -0.2) is 32.1 Å². The highest BCUT2D eigenvalue weighted by Crippen LogP contribution is 2.58. The highest BCUT2D eigenvalue weighted by molar-refractivity contribution is 5.82. The van der Waals surface area contributed by atoms with Gasteiger partial charge in [-0.3, -0.25) is 4.79 Å². The fourth-order valence-electron chi connectivity index (χ4n) is 2.51. The molecule has 2 fully saturated rings. The molecule has 80 valence electrons. The van der Waals surface area contributed by atoms with E-state index >= 15 is 0 Å². The molecule has 4 heteroatoms. The van der Waals surface area contributed by atoms with Gasteiger partial charge in [-0.1, -0.05) is 0 Å². The highest BCUT2D eigenvalue weighted by atomic mass is 16.2. The Kier molecular flexibility index (Phi) is 2.74. The zero-order valence-electron chi connectivity index (χ0n) is 8.51. The minimum atomic E-state index is 0.220. The van der Waals surface area contributed by atoms with E-state index < -0.39 is 0 Å². The maximum Gasteiger partial charge on any atom is 0.223 e. The molecule has 1 aliphatic carbocycles. The van der Waals surface area contributed by atoms with Crippen LogP contribution in [0.3, 0.4) is 0 Å². The van der Waals surface area contributed by atoms with E-state index in [0.717, 1.165) is 32.4 Å². The number of piperidine rings is 1. The van der Waals surface area contributed by atoms with Crippen LogP contribution in [0.5, 0.6) is 0 Å². The van der Waals surface area contributed by atoms with Gasteiger partial charge in [-0.2, -0.15) is 0 Å². The summed E-state index contributed by atoms with van der Waals surface area (Å²) >= 11 is 0. The highest BCUT2D eigenvalue weighted by Gasteiger charge is 2.57. The van der Waals surface area contributed by atoms with E-state index in [1.165, 1.54) is 0 Å². The fourth-order valence-corrected chi connectivity index (χ4v) is 2.51. The Balaban J connectivity index is 1.81. The number of amides is 1. The van der Waals surface area contributed by atoms with Crippen molar-refractivity contribution in [1.82, 2.24) is 10.6 Å². The number of hydrogen-bond acceptors (Lipinski definition) is 3. The predicted octanol–water partition coefficient (Wildman–Crippen LogP) is -0.549. The average Bonchev–Trinajstić information content (AvgIpc) is 2.90. The smallest absolute Gasteiger partial charge is 0.223 e. The number of rotatable bonds is 3. The van der Waals surface area contributed by atoms with E-state index in [2.05, 4.69) is 10.6 Å². The monoisotopic (exact) mass is 197 g/mol. The Morgan fingerprint density at radius 2 is 2.21 bits per heavy atom. The van der Waals surface area contributed by atoms with E-state index in [1.54, 1.807) is 0 Å². The molecule has 0 bridgehead atoms. The first-order valence-electron chi connectivity index (χ1n) is 5.47. The van der Waals surface area contributed by atoms with Crippen molar-refractivity contribution in [3.05, 3.63) is 0 Å². The Morgan fingerprint density at radius 1 is 1.50 bits per heavy atom. The van der Waals surface area contributed by atoms with Crippen LogP contribution in [0.2, 0.25) is 0 Å². The number of nitrogens with one attached hydrogen (secondary N) is 2. The molecule has 0 aromatic carbocycles. The van der Waals surface area contributed by atoms with Crippen LogP contribution in [0.25, 0.3) is 0 Å². The summed E-state index contributed by atoms with van der Waals surface area (Å²) in [7, 11) is 0. The van der Waals surface area contributed by atoms with Crippen molar-refractivity contribution in [2.24, 2.45) is 17.1 Å². The summed E-state index contributed by atoms with van der Waals surface area (Å²) in [5.74, 6) is 0.494. The van der Waals surface area contributed by atoms with Gasteiger partial charge in [0.1, 0.15) is 0 Å². The van der Waals surface area contributed by atoms with Gasteiger partial charge in [0.25, 0.3) is 0 Å². The van der Waals surface area contributed by atoms with Crippen LogP contribution in [0.1, 0.15) is 19.3 Å². The zero-order valence-corrected chi connectivity index (χ0v) is 8.51. The summed E-state index contributed by atoms with van der Waals surface area (Å²) in [6.07, 6.45) is 3.41. The molecule has 0 aromatic rings. The third-order valence-electron chi connectivity index (χ3n) is 3.55. The quantitative estimate of drug-likeness (QED) is 0.569. The van der Waals surface area contributed by atoms with Gasteiger partial charge in [0.15, 0.2) is 0 Å². The van der Waals surface area contributed by atoms with E-state index in [-0.39, 0.29) is 11.8 Å². The lowest BCUT2D eigenvalue weighted by Gasteiger charge is -2.23. The molecule has 1 amide bonds. The second kappa shape index (κ2) is 3.87. The summed E-state index contributed by atoms with van der Waals surface area (Å²) in [5.41, 5.74) is 5.69. The van der Waals surface area contributed by atoms with E-state index in [0.29, 0.717) is 18.5 Å². The van der Waals surface area contributed by atoms with Gasteiger partial charge in [-0.15, -0.1) is 0 Å². The average molecular weight is 197 g/mol. The van der Waals surface area contributed by atoms with Crippen LogP contribution < -0.4 is 16.4 Å². The van der Waals surface area contributed by atoms with Crippen molar-refractivity contribution in [2.45, 2.75) is 19.3 Å². The van der Waals surface area contributed by atoms with Gasteiger partial charge >= 0.3 is 0 Å². The minimum absolute atomic E-state index is 0.220. The SMILES string of the molecule is NCCNC(=O)C1CC12CCNCC2. The number of hydrogen-bond donors (Lipinski definition) is 3. The Bertz CT molecular complexity index is 223. The van der Waals surface area contributed by atoms with Gasteiger partial charge in [-0.05, 0) is 37.8 Å². The molecular formula is C10H19N3O. The molecule has 4 nitrogen and oxygen atoms in total. The standard InChI is InChI=1S/C10H19N3O/c11-3-6-13-9(14)8-7-10(8)1-4-12-5-2-10/h8,12H,1-7,11H2,(H,13,14). The van der Waals surface area contributed by atoms with Gasteiger partial charge < -0.3 is 16.4 Å². The first-order chi connectivity index (χ1) is 6.78. The largest absolute Gasteiger partial charge is 0.355 e. The van der Waals surface area contributed by atoms with Crippen molar-refractivity contribution in [3.63, 3.8) is 0 Å². The first-order valence-corrected chi connectivity index (χ1v) is 5.47. The molecule has 4 N–H and O–H groups in total. The summed E-state index contributed by atoms with van der Waals surface area (Å²) in [6, 6.07) is 0.